The minimum atomic E-state index is -0.250. The predicted molar refractivity (Wildman–Crippen MR) is 320 cm³/mol. The number of carbonyl (C=O) groups excluding carboxylic acids is 4. The van der Waals surface area contributed by atoms with Gasteiger partial charge >= 0.3 is 7.98 Å². The number of carboxylic acid groups (broad SMARTS) is 1. The van der Waals surface area contributed by atoms with Crippen molar-refractivity contribution in [2.24, 2.45) is 0 Å². The number of aromatic nitrogens is 1. The van der Waals surface area contributed by atoms with E-state index in [9.17, 15) is 9.59 Å². The van der Waals surface area contributed by atoms with E-state index >= 15 is 0 Å². The maximum atomic E-state index is 11.9. The van der Waals surface area contributed by atoms with Crippen LogP contribution in [0.25, 0.3) is 33.2 Å². The lowest BCUT2D eigenvalue weighted by atomic mass is 9.86. The van der Waals surface area contributed by atoms with Crippen LogP contribution in [0, 0.1) is 34.6 Å². The molecule has 0 saturated carbocycles. The zero-order valence-electron chi connectivity index (χ0n) is 47.3. The van der Waals surface area contributed by atoms with E-state index in [-0.39, 0.29) is 12.3 Å². The topological polar surface area (TPSA) is 157 Å². The molecule has 2 heterocycles. The van der Waals surface area contributed by atoms with Gasteiger partial charge in [0, 0.05) is 42.0 Å². The second-order valence-electron chi connectivity index (χ2n) is 16.6. The first-order valence-corrected chi connectivity index (χ1v) is 24.7. The summed E-state index contributed by atoms with van der Waals surface area (Å²) in [7, 11) is 11.7. The van der Waals surface area contributed by atoms with Crippen LogP contribution in [-0.4, -0.2) is 86.7 Å². The molecule has 7 rings (SSSR count). The Morgan fingerprint density at radius 3 is 1.65 bits per heavy atom. The van der Waals surface area contributed by atoms with Crippen LogP contribution in [0.4, 0.5) is 0 Å². The maximum Gasteiger partial charge on any atom is 0.587 e. The highest BCUT2D eigenvalue weighted by Gasteiger charge is 2.35. The summed E-state index contributed by atoms with van der Waals surface area (Å²) in [4.78, 5) is 51.6. The fourth-order valence-electron chi connectivity index (χ4n) is 9.03. The second-order valence-corrected chi connectivity index (χ2v) is 16.6. The quantitative estimate of drug-likeness (QED) is 0.0432. The van der Waals surface area contributed by atoms with E-state index in [0.29, 0.717) is 0 Å². The number of aryl methyl sites for hydroxylation is 5. The van der Waals surface area contributed by atoms with Crippen LogP contribution in [0.1, 0.15) is 131 Å². The highest BCUT2D eigenvalue weighted by Crippen LogP contribution is 2.41. The average molecular weight is 1020 g/mol. The second kappa shape index (κ2) is 38.0. The van der Waals surface area contributed by atoms with Gasteiger partial charge < -0.3 is 30.1 Å². The molecule has 75 heavy (non-hydrogen) atoms. The predicted octanol–water partition coefficient (Wildman–Crippen LogP) is 13.6. The van der Waals surface area contributed by atoms with Crippen LogP contribution < -0.4 is 5.32 Å². The molecule has 0 aliphatic carbocycles. The Morgan fingerprint density at radius 2 is 1.20 bits per heavy atom. The van der Waals surface area contributed by atoms with Crippen LogP contribution in [0.2, 0.25) is 0 Å². The highest BCUT2D eigenvalue weighted by molar-refractivity contribution is 6.11. The van der Waals surface area contributed by atoms with Crippen molar-refractivity contribution in [2.75, 3.05) is 21.2 Å². The number of H-pyrrole nitrogens is 1. The van der Waals surface area contributed by atoms with E-state index in [2.05, 4.69) is 122 Å². The first kappa shape index (κ1) is 69.5. The normalized spacial score (nSPS) is 11.3. The number of allylic oxidation sites excluding steroid dienone is 4. The molecule has 0 unspecified atom stereocenters. The Balaban J connectivity index is 0. The summed E-state index contributed by atoms with van der Waals surface area (Å²) in [6.45, 7) is 37.4. The highest BCUT2D eigenvalue weighted by atomic mass is 16.3. The van der Waals surface area contributed by atoms with Crippen molar-refractivity contribution in [3.05, 3.63) is 201 Å². The summed E-state index contributed by atoms with van der Waals surface area (Å²) in [6, 6.07) is 28.6. The van der Waals surface area contributed by atoms with Gasteiger partial charge in [0.05, 0.1) is 11.3 Å². The van der Waals surface area contributed by atoms with Crippen molar-refractivity contribution >= 4 is 79.0 Å². The van der Waals surface area contributed by atoms with Crippen molar-refractivity contribution in [1.82, 2.24) is 10.3 Å². The van der Waals surface area contributed by atoms with Gasteiger partial charge in [0.25, 0.3) is 6.47 Å². The number of aliphatic hydroxyl groups is 1. The molecule has 0 spiro atoms. The van der Waals surface area contributed by atoms with E-state index in [1.165, 1.54) is 61.4 Å². The maximum absolute atomic E-state index is 11.9. The fourth-order valence-corrected chi connectivity index (χ4v) is 9.03. The molecule has 0 fully saturated rings. The minimum Gasteiger partial charge on any atom is -0.483 e. The summed E-state index contributed by atoms with van der Waals surface area (Å²) in [5, 5.41) is 20.9. The molecule has 10 nitrogen and oxygen atoms in total. The van der Waals surface area contributed by atoms with Crippen molar-refractivity contribution in [2.45, 2.75) is 102 Å². The summed E-state index contributed by atoms with van der Waals surface area (Å²) >= 11 is 0. The number of hydrogen-bond donors (Lipinski definition) is 4. The number of nitrogens with zero attached hydrogens (tertiary/aromatic N) is 1. The third kappa shape index (κ3) is 18.7. The first-order chi connectivity index (χ1) is 36.1. The third-order valence-electron chi connectivity index (χ3n) is 11.9. The zero-order chi connectivity index (χ0) is 58.0. The number of Topliss-reactive ketones (excluding diaryl/α,β-unsaturated/α-hetero) is 1. The molecule has 5 aromatic carbocycles. The molecule has 0 saturated heterocycles. The van der Waals surface area contributed by atoms with E-state index in [0.717, 1.165) is 94.4 Å². The standard InChI is InChI=1S/C38H42BN2O.C14H12O.C4H6.C2H7N.C2H6.CH2O2.CH4O.2CH2O/c1-9-12-33-26(6)38(41(39)28(33)8)36(34-23(3)19-22(2)20-24(34)4)37-25(5)32(27(7)40-37)18-17-30-15-10-13-29-14-11-16-31(21-42)35(29)30;1-3-11-6-4-7-12-8-5-9-13(10(2)15)14(11)12;1-3-4-2;1-3-2;1-2;2-1-3;3*1-2/h10-11,13-16,19-21,40H,9,12,17-18H2,1-8H3;3-9H,1H2,2H3;3-4H,1-2H2;3H,1-2H3;1-2H3;1H,(H,2,3);2H,1H3;2*1H2/q+1;;;;;;;;. The Hall–Kier alpha value is -7.60. The van der Waals surface area contributed by atoms with Crippen LogP contribution >= 0.6 is 0 Å². The van der Waals surface area contributed by atoms with Gasteiger partial charge in [-0.15, -0.1) is 0 Å². The van der Waals surface area contributed by atoms with E-state index in [1.54, 1.807) is 25.2 Å². The molecule has 4 N–H and O–H groups in total. The van der Waals surface area contributed by atoms with Gasteiger partial charge in [-0.25, -0.2) is 0 Å². The van der Waals surface area contributed by atoms with Crippen LogP contribution in [0.15, 0.2) is 134 Å². The van der Waals surface area contributed by atoms with Gasteiger partial charge in [-0.1, -0.05) is 156 Å². The zero-order valence-corrected chi connectivity index (χ0v) is 47.3. The Kier molecular flexibility index (Phi) is 35.2. The number of aldehydes is 1. The van der Waals surface area contributed by atoms with Gasteiger partial charge in [0.1, 0.15) is 13.6 Å². The SMILES string of the molecule is C=CC=C.C=Cc1cccc2cccc(C(C)=O)c12.C=O.C=O.CC.CNC.CO.O=CO.[B][N+]1=C(C)C(CCC)=C(C)/C1=C(/c1[nH]c(C)c(CCc2cccc3cccc(C=O)c23)c1C)c1c(C)cc(C)cc1C. The summed E-state index contributed by atoms with van der Waals surface area (Å²) < 4.78 is 1.92. The number of nitrogens with one attached hydrogen (secondary N) is 2. The smallest absolute Gasteiger partial charge is 0.483 e. The van der Waals surface area contributed by atoms with E-state index < -0.39 is 0 Å². The molecule has 1 aromatic heterocycles. The van der Waals surface area contributed by atoms with Crippen LogP contribution in [0.5, 0.6) is 0 Å². The van der Waals surface area contributed by atoms with Gasteiger partial charge in [-0.05, 0) is 142 Å². The Morgan fingerprint density at radius 1 is 0.733 bits per heavy atom. The lowest BCUT2D eigenvalue weighted by molar-refractivity contribution is -0.302. The number of aliphatic hydroxyl groups excluding tert-OH is 1. The molecule has 1 aliphatic heterocycles. The molecule has 0 atom stereocenters. The number of aromatic amines is 1. The largest absolute Gasteiger partial charge is 0.587 e. The summed E-state index contributed by atoms with van der Waals surface area (Å²) in [5.41, 5.74) is 19.7. The number of hydrogen-bond acceptors (Lipinski definition) is 7. The van der Waals surface area contributed by atoms with Crippen molar-refractivity contribution in [1.29, 1.82) is 0 Å². The van der Waals surface area contributed by atoms with Crippen molar-refractivity contribution in [3.63, 3.8) is 0 Å². The third-order valence-corrected chi connectivity index (χ3v) is 11.9. The minimum absolute atomic E-state index is 0.0925. The molecular weight excluding hydrogens is 934 g/mol. The lowest BCUT2D eigenvalue weighted by Crippen LogP contribution is -2.14. The molecule has 6 aromatic rings. The molecule has 398 valence electrons. The molecule has 1 aliphatic rings. The number of carbonyl (C=O) groups is 5. The molecule has 0 amide bonds. The van der Waals surface area contributed by atoms with Crippen LogP contribution in [0.3, 0.4) is 0 Å². The van der Waals surface area contributed by atoms with Crippen molar-refractivity contribution in [3.8, 4) is 0 Å². The van der Waals surface area contributed by atoms with Crippen molar-refractivity contribution < 1.29 is 38.7 Å². The van der Waals surface area contributed by atoms with Gasteiger partial charge in [-0.2, -0.15) is 0 Å². The number of rotatable bonds is 11. The molecule has 11 heteroatoms. The summed E-state index contributed by atoms with van der Waals surface area (Å²) in [5.74, 6) is 0.0925. The fraction of sp³-hybridized carbons (Fsp3) is 0.281. The van der Waals surface area contributed by atoms with Gasteiger partial charge in [-0.3, -0.25) is 18.9 Å². The Bertz CT molecular complexity index is 2880. The average Bonchev–Trinajstić information content (AvgIpc) is 3.82. The number of benzene rings is 5. The van der Waals surface area contributed by atoms with E-state index in [1.807, 2.05) is 94.5 Å². The van der Waals surface area contributed by atoms with Crippen LogP contribution in [-0.2, 0) is 27.2 Å². The lowest BCUT2D eigenvalue weighted by Gasteiger charge is -2.17. The van der Waals surface area contributed by atoms with Gasteiger partial charge in [0.15, 0.2) is 23.5 Å². The van der Waals surface area contributed by atoms with Gasteiger partial charge in [0.2, 0.25) is 0 Å². The summed E-state index contributed by atoms with van der Waals surface area (Å²) in [6.07, 6.45) is 9.86. The monoisotopic (exact) mass is 1020 g/mol. The molecular formula is C64H83BN3O7+. The van der Waals surface area contributed by atoms with E-state index in [4.69, 9.17) is 32.6 Å². The molecule has 2 radical (unpaired) electrons. The molecule has 0 bridgehead atoms. The first-order valence-electron chi connectivity index (χ1n) is 24.7. The Labute approximate surface area is 449 Å². The number of fused-ring (bicyclic) bond motifs is 2. The number of ketones is 1.